The summed E-state index contributed by atoms with van der Waals surface area (Å²) in [6, 6.07) is 0.424. The normalized spacial score (nSPS) is 25.1. The molecule has 0 atom stereocenters. The predicted octanol–water partition coefficient (Wildman–Crippen LogP) is 2.06. The van der Waals surface area contributed by atoms with Crippen LogP contribution >= 0.6 is 11.3 Å². The summed E-state index contributed by atoms with van der Waals surface area (Å²) >= 11 is 1.65. The van der Waals surface area contributed by atoms with Gasteiger partial charge in [0.15, 0.2) is 0 Å². The fourth-order valence-electron chi connectivity index (χ4n) is 1.86. The second-order valence-electron chi connectivity index (χ2n) is 4.87. The van der Waals surface area contributed by atoms with Crippen molar-refractivity contribution in [3.05, 3.63) is 5.01 Å². The molecule has 2 heterocycles. The molecular weight excluding hydrogens is 254 g/mol. The van der Waals surface area contributed by atoms with Crippen molar-refractivity contribution >= 4 is 27.3 Å². The lowest BCUT2D eigenvalue weighted by Gasteiger charge is -2.21. The summed E-state index contributed by atoms with van der Waals surface area (Å²) < 4.78 is 11.2. The highest BCUT2D eigenvalue weighted by molar-refractivity contribution is 7.85. The highest BCUT2D eigenvalue weighted by atomic mass is 32.2. The Balaban J connectivity index is 1.86. The van der Waals surface area contributed by atoms with Crippen LogP contribution in [0.5, 0.6) is 0 Å². The Labute approximate surface area is 109 Å². The van der Waals surface area contributed by atoms with E-state index in [0.29, 0.717) is 12.0 Å². The minimum Gasteiger partial charge on any atom is -0.357 e. The predicted molar refractivity (Wildman–Crippen MR) is 73.0 cm³/mol. The van der Waals surface area contributed by atoms with Gasteiger partial charge < -0.3 is 5.32 Å². The molecule has 0 amide bonds. The van der Waals surface area contributed by atoms with Gasteiger partial charge in [0.25, 0.3) is 0 Å². The molecule has 1 aliphatic heterocycles. The van der Waals surface area contributed by atoms with Crippen LogP contribution < -0.4 is 5.32 Å². The standard InChI is InChI=1S/C11H19N3OS2/c1-8(2)7-10-13-14-11(16-10)12-9-3-5-17(15)6-4-9/h8-9H,3-7H2,1-2H3,(H,12,14). The van der Waals surface area contributed by atoms with Crippen LogP contribution in [0.4, 0.5) is 5.13 Å². The van der Waals surface area contributed by atoms with E-state index in [1.807, 2.05) is 0 Å². The van der Waals surface area contributed by atoms with Gasteiger partial charge in [0, 0.05) is 34.8 Å². The molecule has 1 aliphatic rings. The van der Waals surface area contributed by atoms with Gasteiger partial charge in [-0.15, -0.1) is 10.2 Å². The van der Waals surface area contributed by atoms with Crippen molar-refractivity contribution in [2.45, 2.75) is 39.2 Å². The third kappa shape index (κ3) is 4.03. The highest BCUT2D eigenvalue weighted by Crippen LogP contribution is 2.21. The molecule has 0 aliphatic carbocycles. The highest BCUT2D eigenvalue weighted by Gasteiger charge is 2.18. The first-order valence-electron chi connectivity index (χ1n) is 6.07. The zero-order valence-corrected chi connectivity index (χ0v) is 11.9. The molecule has 0 unspecified atom stereocenters. The fourth-order valence-corrected chi connectivity index (χ4v) is 4.18. The van der Waals surface area contributed by atoms with E-state index in [2.05, 4.69) is 29.4 Å². The first-order valence-corrected chi connectivity index (χ1v) is 8.38. The van der Waals surface area contributed by atoms with Crippen molar-refractivity contribution in [1.82, 2.24) is 10.2 Å². The summed E-state index contributed by atoms with van der Waals surface area (Å²) in [7, 11) is -0.594. The zero-order chi connectivity index (χ0) is 12.3. The Morgan fingerprint density at radius 2 is 2.12 bits per heavy atom. The molecule has 0 bridgehead atoms. The van der Waals surface area contributed by atoms with Crippen LogP contribution in [0.15, 0.2) is 0 Å². The summed E-state index contributed by atoms with van der Waals surface area (Å²) in [4.78, 5) is 0. The van der Waals surface area contributed by atoms with Gasteiger partial charge in [0.2, 0.25) is 5.13 Å². The van der Waals surface area contributed by atoms with Gasteiger partial charge in [0.05, 0.1) is 0 Å². The Morgan fingerprint density at radius 1 is 1.41 bits per heavy atom. The Morgan fingerprint density at radius 3 is 2.76 bits per heavy atom. The smallest absolute Gasteiger partial charge is 0.205 e. The number of aromatic nitrogens is 2. The lowest BCUT2D eigenvalue weighted by Crippen LogP contribution is -2.29. The number of anilines is 1. The molecule has 0 spiro atoms. The fraction of sp³-hybridized carbons (Fsp3) is 0.818. The van der Waals surface area contributed by atoms with Crippen LogP contribution in [0.1, 0.15) is 31.7 Å². The third-order valence-corrected chi connectivity index (χ3v) is 5.02. The molecular formula is C11H19N3OS2. The molecule has 0 saturated carbocycles. The average molecular weight is 273 g/mol. The quantitative estimate of drug-likeness (QED) is 0.912. The van der Waals surface area contributed by atoms with Crippen molar-refractivity contribution in [1.29, 1.82) is 0 Å². The average Bonchev–Trinajstić information content (AvgIpc) is 2.68. The maximum Gasteiger partial charge on any atom is 0.205 e. The number of nitrogens with one attached hydrogen (secondary N) is 1. The van der Waals surface area contributed by atoms with Gasteiger partial charge in [-0.2, -0.15) is 0 Å². The Bertz CT molecular complexity index is 382. The van der Waals surface area contributed by atoms with Gasteiger partial charge in [-0.25, -0.2) is 0 Å². The first-order chi connectivity index (χ1) is 8.13. The minimum absolute atomic E-state index is 0.424. The van der Waals surface area contributed by atoms with Gasteiger partial charge in [0.1, 0.15) is 5.01 Å². The van der Waals surface area contributed by atoms with Gasteiger partial charge in [-0.3, -0.25) is 4.21 Å². The van der Waals surface area contributed by atoms with E-state index >= 15 is 0 Å². The Hall–Kier alpha value is -0.490. The zero-order valence-electron chi connectivity index (χ0n) is 10.3. The van der Waals surface area contributed by atoms with E-state index in [-0.39, 0.29) is 0 Å². The number of rotatable bonds is 4. The van der Waals surface area contributed by atoms with Crippen LogP contribution in [0.3, 0.4) is 0 Å². The molecule has 17 heavy (non-hydrogen) atoms. The largest absolute Gasteiger partial charge is 0.357 e. The van der Waals surface area contributed by atoms with Gasteiger partial charge in [-0.1, -0.05) is 25.2 Å². The first kappa shape index (κ1) is 13.0. The summed E-state index contributed by atoms with van der Waals surface area (Å²) in [6.45, 7) is 4.37. The van der Waals surface area contributed by atoms with Crippen LogP contribution in [0.2, 0.25) is 0 Å². The third-order valence-electron chi connectivity index (χ3n) is 2.77. The molecule has 1 N–H and O–H groups in total. The summed E-state index contributed by atoms with van der Waals surface area (Å²) in [5.74, 6) is 2.25. The maximum absolute atomic E-state index is 11.2. The van der Waals surface area contributed by atoms with Crippen molar-refractivity contribution in [3.8, 4) is 0 Å². The molecule has 4 nitrogen and oxygen atoms in total. The molecule has 1 fully saturated rings. The topological polar surface area (TPSA) is 54.9 Å². The van der Waals surface area contributed by atoms with Crippen LogP contribution in [-0.2, 0) is 17.2 Å². The minimum atomic E-state index is -0.594. The molecule has 96 valence electrons. The van der Waals surface area contributed by atoms with E-state index in [0.717, 1.165) is 40.9 Å². The van der Waals surface area contributed by atoms with Crippen LogP contribution in [0.25, 0.3) is 0 Å². The number of hydrogen-bond acceptors (Lipinski definition) is 5. The molecule has 1 aromatic rings. The van der Waals surface area contributed by atoms with Gasteiger partial charge in [-0.05, 0) is 18.8 Å². The molecule has 6 heteroatoms. The molecule has 0 aromatic carbocycles. The van der Waals surface area contributed by atoms with Crippen molar-refractivity contribution in [2.75, 3.05) is 16.8 Å². The number of hydrogen-bond donors (Lipinski definition) is 1. The van der Waals surface area contributed by atoms with E-state index in [4.69, 9.17) is 0 Å². The summed E-state index contributed by atoms with van der Waals surface area (Å²) in [6.07, 6.45) is 2.95. The van der Waals surface area contributed by atoms with Crippen molar-refractivity contribution < 1.29 is 4.21 Å². The van der Waals surface area contributed by atoms with E-state index in [1.54, 1.807) is 11.3 Å². The van der Waals surface area contributed by atoms with E-state index in [1.165, 1.54) is 0 Å². The lowest BCUT2D eigenvalue weighted by atomic mass is 10.1. The number of nitrogens with zero attached hydrogens (tertiary/aromatic N) is 2. The van der Waals surface area contributed by atoms with Crippen LogP contribution in [0, 0.1) is 5.92 Å². The van der Waals surface area contributed by atoms with E-state index in [9.17, 15) is 4.21 Å². The maximum atomic E-state index is 11.2. The molecule has 1 aromatic heterocycles. The SMILES string of the molecule is CC(C)Cc1nnc(NC2CCS(=O)CC2)s1. The summed E-state index contributed by atoms with van der Waals surface area (Å²) in [5, 5.41) is 13.8. The van der Waals surface area contributed by atoms with Crippen molar-refractivity contribution in [2.24, 2.45) is 5.92 Å². The summed E-state index contributed by atoms with van der Waals surface area (Å²) in [5.41, 5.74) is 0. The second-order valence-corrected chi connectivity index (χ2v) is 7.62. The molecule has 0 radical (unpaired) electrons. The lowest BCUT2D eigenvalue weighted by molar-refractivity contribution is 0.622. The molecule has 1 saturated heterocycles. The molecule has 2 rings (SSSR count). The van der Waals surface area contributed by atoms with Crippen LogP contribution in [-0.4, -0.2) is 32.0 Å². The second kappa shape index (κ2) is 5.91. The van der Waals surface area contributed by atoms with Gasteiger partial charge >= 0.3 is 0 Å². The monoisotopic (exact) mass is 273 g/mol. The Kier molecular flexibility index (Phi) is 4.50. The van der Waals surface area contributed by atoms with E-state index < -0.39 is 10.8 Å². The van der Waals surface area contributed by atoms with Crippen molar-refractivity contribution in [3.63, 3.8) is 0 Å².